The summed E-state index contributed by atoms with van der Waals surface area (Å²) in [5.74, 6) is 1.82. The van der Waals surface area contributed by atoms with Gasteiger partial charge in [-0.2, -0.15) is 0 Å². The second-order valence-corrected chi connectivity index (χ2v) is 6.09. The predicted octanol–water partition coefficient (Wildman–Crippen LogP) is 3.06. The molecule has 2 unspecified atom stereocenters. The quantitative estimate of drug-likeness (QED) is 0.914. The predicted molar refractivity (Wildman–Crippen MR) is 86.5 cm³/mol. The summed E-state index contributed by atoms with van der Waals surface area (Å²) in [6.45, 7) is 0. The van der Waals surface area contributed by atoms with Crippen LogP contribution in [0.2, 0.25) is 0 Å². The van der Waals surface area contributed by atoms with Gasteiger partial charge < -0.3 is 9.88 Å². The Bertz CT molecular complexity index is 588. The summed E-state index contributed by atoms with van der Waals surface area (Å²) in [5, 5.41) is 3.56. The van der Waals surface area contributed by atoms with Crippen molar-refractivity contribution >= 4 is 0 Å². The van der Waals surface area contributed by atoms with Crippen LogP contribution in [-0.2, 0) is 19.9 Å². The van der Waals surface area contributed by atoms with Crippen molar-refractivity contribution in [3.8, 4) is 0 Å². The zero-order chi connectivity index (χ0) is 14.7. The van der Waals surface area contributed by atoms with E-state index in [9.17, 15) is 0 Å². The third kappa shape index (κ3) is 3.03. The molecular weight excluding hydrogens is 258 g/mol. The van der Waals surface area contributed by atoms with E-state index in [1.165, 1.54) is 25.1 Å². The van der Waals surface area contributed by atoms with Crippen LogP contribution in [-0.4, -0.2) is 22.6 Å². The third-order valence-electron chi connectivity index (χ3n) is 4.87. The van der Waals surface area contributed by atoms with Crippen LogP contribution in [0, 0.1) is 0 Å². The van der Waals surface area contributed by atoms with Crippen molar-refractivity contribution in [1.29, 1.82) is 0 Å². The molecule has 1 aliphatic rings. The van der Waals surface area contributed by atoms with Crippen molar-refractivity contribution in [3.05, 3.63) is 53.6 Å². The third-order valence-corrected chi connectivity index (χ3v) is 4.87. The van der Waals surface area contributed by atoms with Crippen LogP contribution in [0.3, 0.4) is 0 Å². The summed E-state index contributed by atoms with van der Waals surface area (Å²) < 4.78 is 2.13. The first-order valence-electron chi connectivity index (χ1n) is 8.01. The van der Waals surface area contributed by atoms with E-state index in [-0.39, 0.29) is 0 Å². The lowest BCUT2D eigenvalue weighted by atomic mass is 9.77. The Morgan fingerprint density at radius 2 is 2.24 bits per heavy atom. The van der Waals surface area contributed by atoms with E-state index in [1.54, 1.807) is 11.1 Å². The number of rotatable bonds is 5. The molecule has 2 aromatic rings. The molecule has 1 aromatic carbocycles. The van der Waals surface area contributed by atoms with Gasteiger partial charge in [-0.15, -0.1) is 0 Å². The summed E-state index contributed by atoms with van der Waals surface area (Å²) in [5.41, 5.74) is 3.11. The Hall–Kier alpha value is -1.61. The normalized spacial score (nSPS) is 19.2. The Kier molecular flexibility index (Phi) is 4.39. The zero-order valence-electron chi connectivity index (χ0n) is 13.0. The molecule has 0 spiro atoms. The maximum absolute atomic E-state index is 4.45. The Labute approximate surface area is 127 Å². The van der Waals surface area contributed by atoms with E-state index < -0.39 is 0 Å². The fraction of sp³-hybridized carbons (Fsp3) is 0.500. The number of imidazole rings is 1. The van der Waals surface area contributed by atoms with E-state index in [0.29, 0.717) is 12.0 Å². The molecule has 3 heteroatoms. The number of aromatic nitrogens is 2. The highest BCUT2D eigenvalue weighted by atomic mass is 15.0. The number of hydrogen-bond acceptors (Lipinski definition) is 2. The van der Waals surface area contributed by atoms with Crippen LogP contribution in [0.1, 0.15) is 42.1 Å². The Morgan fingerprint density at radius 3 is 3.00 bits per heavy atom. The lowest BCUT2D eigenvalue weighted by molar-refractivity contribution is 0.390. The molecule has 112 valence electrons. The van der Waals surface area contributed by atoms with Crippen molar-refractivity contribution in [3.63, 3.8) is 0 Å². The van der Waals surface area contributed by atoms with Crippen molar-refractivity contribution < 1.29 is 0 Å². The molecule has 3 rings (SSSR count). The van der Waals surface area contributed by atoms with Gasteiger partial charge in [-0.3, -0.25) is 0 Å². The second kappa shape index (κ2) is 6.44. The van der Waals surface area contributed by atoms with Crippen LogP contribution in [0.4, 0.5) is 0 Å². The lowest BCUT2D eigenvalue weighted by Crippen LogP contribution is -2.34. The van der Waals surface area contributed by atoms with Gasteiger partial charge in [0.15, 0.2) is 0 Å². The van der Waals surface area contributed by atoms with Crippen molar-refractivity contribution in [2.45, 2.75) is 44.1 Å². The van der Waals surface area contributed by atoms with Crippen LogP contribution < -0.4 is 5.32 Å². The van der Waals surface area contributed by atoms with Crippen molar-refractivity contribution in [1.82, 2.24) is 14.9 Å². The zero-order valence-corrected chi connectivity index (χ0v) is 13.0. The van der Waals surface area contributed by atoms with Crippen LogP contribution >= 0.6 is 0 Å². The number of likely N-dealkylation sites (N-methyl/N-ethyl adjacent to an activating group) is 1. The molecule has 0 saturated heterocycles. The highest BCUT2D eigenvalue weighted by Crippen LogP contribution is 2.35. The summed E-state index contributed by atoms with van der Waals surface area (Å²) >= 11 is 0. The van der Waals surface area contributed by atoms with Crippen molar-refractivity contribution in [2.24, 2.45) is 7.05 Å². The number of fused-ring (bicyclic) bond motifs is 1. The van der Waals surface area contributed by atoms with E-state index in [0.717, 1.165) is 12.8 Å². The maximum Gasteiger partial charge on any atom is 0.108 e. The van der Waals surface area contributed by atoms with Gasteiger partial charge in [0.1, 0.15) is 5.82 Å². The van der Waals surface area contributed by atoms with Gasteiger partial charge in [-0.05, 0) is 49.8 Å². The second-order valence-electron chi connectivity index (χ2n) is 6.09. The van der Waals surface area contributed by atoms with E-state index in [2.05, 4.69) is 53.2 Å². The molecule has 0 fully saturated rings. The first kappa shape index (κ1) is 14.3. The molecule has 3 nitrogen and oxygen atoms in total. The highest BCUT2D eigenvalue weighted by Gasteiger charge is 2.26. The summed E-state index contributed by atoms with van der Waals surface area (Å²) in [4.78, 5) is 4.45. The Morgan fingerprint density at radius 1 is 1.38 bits per heavy atom. The minimum Gasteiger partial charge on any atom is -0.338 e. The molecule has 0 amide bonds. The SMILES string of the molecule is CNC(CCc1nccn1C)C1CCCc2ccccc21. The highest BCUT2D eigenvalue weighted by molar-refractivity contribution is 5.33. The molecule has 0 radical (unpaired) electrons. The maximum atomic E-state index is 4.45. The minimum absolute atomic E-state index is 0.531. The average molecular weight is 283 g/mol. The van der Waals surface area contributed by atoms with Gasteiger partial charge in [0.05, 0.1) is 0 Å². The van der Waals surface area contributed by atoms with Gasteiger partial charge in [-0.25, -0.2) is 4.98 Å². The number of aryl methyl sites for hydroxylation is 3. The van der Waals surface area contributed by atoms with Gasteiger partial charge in [0, 0.05) is 31.9 Å². The first-order valence-corrected chi connectivity index (χ1v) is 8.01. The number of nitrogens with zero attached hydrogens (tertiary/aromatic N) is 2. The molecule has 1 aromatic heterocycles. The summed E-state index contributed by atoms with van der Waals surface area (Å²) in [6, 6.07) is 9.51. The summed E-state index contributed by atoms with van der Waals surface area (Å²) in [6.07, 6.45) is 9.93. The molecule has 1 aliphatic carbocycles. The molecule has 2 atom stereocenters. The van der Waals surface area contributed by atoms with Gasteiger partial charge in [-0.1, -0.05) is 24.3 Å². The molecule has 21 heavy (non-hydrogen) atoms. The van der Waals surface area contributed by atoms with Crippen LogP contribution in [0.15, 0.2) is 36.7 Å². The molecule has 0 aliphatic heterocycles. The van der Waals surface area contributed by atoms with Gasteiger partial charge in [0.25, 0.3) is 0 Å². The topological polar surface area (TPSA) is 29.9 Å². The smallest absolute Gasteiger partial charge is 0.108 e. The fourth-order valence-corrected chi connectivity index (χ4v) is 3.68. The molecular formula is C18H25N3. The fourth-order valence-electron chi connectivity index (χ4n) is 3.68. The molecule has 1 N–H and O–H groups in total. The standard InChI is InChI=1S/C18H25N3/c1-19-17(10-11-18-20-12-13-21(18)2)16-9-5-7-14-6-3-4-8-15(14)16/h3-4,6,8,12-13,16-17,19H,5,7,9-11H2,1-2H3. The van der Waals surface area contributed by atoms with Gasteiger partial charge in [0.2, 0.25) is 0 Å². The Balaban J connectivity index is 1.73. The average Bonchev–Trinajstić information content (AvgIpc) is 2.93. The molecule has 1 heterocycles. The van der Waals surface area contributed by atoms with Crippen LogP contribution in [0.25, 0.3) is 0 Å². The molecule has 0 saturated carbocycles. The lowest BCUT2D eigenvalue weighted by Gasteiger charge is -2.32. The summed E-state index contributed by atoms with van der Waals surface area (Å²) in [7, 11) is 4.17. The first-order chi connectivity index (χ1) is 10.3. The number of benzene rings is 1. The number of hydrogen-bond donors (Lipinski definition) is 1. The van der Waals surface area contributed by atoms with E-state index in [1.807, 2.05) is 12.4 Å². The van der Waals surface area contributed by atoms with Gasteiger partial charge >= 0.3 is 0 Å². The van der Waals surface area contributed by atoms with E-state index in [4.69, 9.17) is 0 Å². The largest absolute Gasteiger partial charge is 0.338 e. The van der Waals surface area contributed by atoms with Crippen molar-refractivity contribution in [2.75, 3.05) is 7.05 Å². The number of nitrogens with one attached hydrogen (secondary N) is 1. The van der Waals surface area contributed by atoms with Crippen LogP contribution in [0.5, 0.6) is 0 Å². The molecule has 0 bridgehead atoms. The minimum atomic E-state index is 0.531. The van der Waals surface area contributed by atoms with E-state index >= 15 is 0 Å². The monoisotopic (exact) mass is 283 g/mol.